The molecule has 0 aromatic rings. The van der Waals surface area contributed by atoms with Crippen LogP contribution < -0.4 is 11.1 Å². The molecule has 1 fully saturated rings. The van der Waals surface area contributed by atoms with Crippen LogP contribution in [0.25, 0.3) is 0 Å². The van der Waals surface area contributed by atoms with Gasteiger partial charge in [-0.1, -0.05) is 13.8 Å². The molecule has 1 heterocycles. The zero-order valence-electron chi connectivity index (χ0n) is 11.7. The number of hydrogen-bond acceptors (Lipinski definition) is 4. The first-order chi connectivity index (χ1) is 8.71. The van der Waals surface area contributed by atoms with Gasteiger partial charge in [0.25, 0.3) is 0 Å². The number of amides is 1. The van der Waals surface area contributed by atoms with Gasteiger partial charge in [-0.2, -0.15) is 11.8 Å². The Morgan fingerprint density at radius 3 is 2.94 bits per heavy atom. The average molecular weight is 273 g/mol. The fourth-order valence-electron chi connectivity index (χ4n) is 2.23. The summed E-state index contributed by atoms with van der Waals surface area (Å²) >= 11 is 2.04. The molecule has 0 radical (unpaired) electrons. The SMILES string of the molecule is CCCNC(=O)CC(CN)N1CCSC(CC)C1. The molecule has 0 aromatic heterocycles. The van der Waals surface area contributed by atoms with Crippen molar-refractivity contribution in [2.45, 2.75) is 44.4 Å². The van der Waals surface area contributed by atoms with Crippen molar-refractivity contribution in [3.63, 3.8) is 0 Å². The standard InChI is InChI=1S/C13H27N3OS/c1-3-5-15-13(17)8-11(9-14)16-6-7-18-12(4-2)10-16/h11-12H,3-10,14H2,1-2H3,(H,15,17). The van der Waals surface area contributed by atoms with E-state index < -0.39 is 0 Å². The van der Waals surface area contributed by atoms with Gasteiger partial charge in [0.05, 0.1) is 0 Å². The van der Waals surface area contributed by atoms with Crippen LogP contribution in [0.2, 0.25) is 0 Å². The van der Waals surface area contributed by atoms with Gasteiger partial charge in [-0.15, -0.1) is 0 Å². The predicted octanol–water partition coefficient (Wildman–Crippen LogP) is 1.06. The fourth-order valence-corrected chi connectivity index (χ4v) is 3.44. The van der Waals surface area contributed by atoms with Crippen molar-refractivity contribution in [2.24, 2.45) is 5.73 Å². The van der Waals surface area contributed by atoms with Gasteiger partial charge in [0, 0.05) is 49.6 Å². The van der Waals surface area contributed by atoms with Crippen LogP contribution in [0, 0.1) is 0 Å². The van der Waals surface area contributed by atoms with Crippen molar-refractivity contribution >= 4 is 17.7 Å². The van der Waals surface area contributed by atoms with Crippen molar-refractivity contribution in [1.82, 2.24) is 10.2 Å². The Morgan fingerprint density at radius 1 is 1.56 bits per heavy atom. The lowest BCUT2D eigenvalue weighted by Gasteiger charge is -2.37. The van der Waals surface area contributed by atoms with E-state index in [1.54, 1.807) is 0 Å². The number of nitrogens with two attached hydrogens (primary N) is 1. The van der Waals surface area contributed by atoms with Crippen LogP contribution in [-0.2, 0) is 4.79 Å². The third-order valence-corrected chi connectivity index (χ3v) is 4.78. The Hall–Kier alpha value is -0.260. The Bertz CT molecular complexity index is 250. The summed E-state index contributed by atoms with van der Waals surface area (Å²) in [6, 6.07) is 0.205. The minimum atomic E-state index is 0.138. The lowest BCUT2D eigenvalue weighted by molar-refractivity contribution is -0.122. The molecule has 2 unspecified atom stereocenters. The number of rotatable bonds is 7. The molecule has 4 nitrogen and oxygen atoms in total. The van der Waals surface area contributed by atoms with Crippen LogP contribution in [0.3, 0.4) is 0 Å². The topological polar surface area (TPSA) is 58.4 Å². The van der Waals surface area contributed by atoms with Crippen molar-refractivity contribution < 1.29 is 4.79 Å². The zero-order valence-corrected chi connectivity index (χ0v) is 12.5. The summed E-state index contributed by atoms with van der Waals surface area (Å²) in [5.41, 5.74) is 5.84. The van der Waals surface area contributed by atoms with Crippen LogP contribution in [0.5, 0.6) is 0 Å². The first-order valence-corrected chi connectivity index (χ1v) is 8.08. The lowest BCUT2D eigenvalue weighted by Crippen LogP contribution is -2.49. The third-order valence-electron chi connectivity index (χ3n) is 3.41. The van der Waals surface area contributed by atoms with Gasteiger partial charge in [-0.05, 0) is 12.8 Å². The summed E-state index contributed by atoms with van der Waals surface area (Å²) in [5, 5.41) is 3.64. The van der Waals surface area contributed by atoms with Crippen LogP contribution in [0.15, 0.2) is 0 Å². The number of nitrogens with zero attached hydrogens (tertiary/aromatic N) is 1. The number of nitrogens with one attached hydrogen (secondary N) is 1. The molecule has 0 aromatic carbocycles. The van der Waals surface area contributed by atoms with E-state index in [1.165, 1.54) is 6.42 Å². The highest BCUT2D eigenvalue weighted by atomic mass is 32.2. The molecule has 2 atom stereocenters. The first kappa shape index (κ1) is 15.8. The summed E-state index contributed by atoms with van der Waals surface area (Å²) in [6.07, 6.45) is 2.72. The molecule has 1 saturated heterocycles. The highest BCUT2D eigenvalue weighted by Gasteiger charge is 2.26. The Labute approximate surface area is 115 Å². The van der Waals surface area contributed by atoms with Gasteiger partial charge < -0.3 is 11.1 Å². The molecule has 1 aliphatic rings. The monoisotopic (exact) mass is 273 g/mol. The van der Waals surface area contributed by atoms with Gasteiger partial charge in [-0.3, -0.25) is 9.69 Å². The van der Waals surface area contributed by atoms with Crippen LogP contribution in [0.4, 0.5) is 0 Å². The van der Waals surface area contributed by atoms with Crippen LogP contribution in [-0.4, -0.2) is 54.0 Å². The quantitative estimate of drug-likeness (QED) is 0.728. The van der Waals surface area contributed by atoms with Crippen molar-refractivity contribution in [3.05, 3.63) is 0 Å². The highest BCUT2D eigenvalue weighted by Crippen LogP contribution is 2.23. The largest absolute Gasteiger partial charge is 0.356 e. The second kappa shape index (κ2) is 8.77. The molecule has 106 valence electrons. The van der Waals surface area contributed by atoms with E-state index in [2.05, 4.69) is 24.1 Å². The highest BCUT2D eigenvalue weighted by molar-refractivity contribution is 8.00. The van der Waals surface area contributed by atoms with E-state index in [0.717, 1.165) is 31.8 Å². The molecule has 0 spiro atoms. The second-order valence-electron chi connectivity index (χ2n) is 4.84. The molecule has 0 bridgehead atoms. The van der Waals surface area contributed by atoms with E-state index in [1.807, 2.05) is 11.8 Å². The van der Waals surface area contributed by atoms with Crippen molar-refractivity contribution in [1.29, 1.82) is 0 Å². The van der Waals surface area contributed by atoms with E-state index in [9.17, 15) is 4.79 Å². The number of carbonyl (C=O) groups is 1. The maximum Gasteiger partial charge on any atom is 0.221 e. The number of thioether (sulfide) groups is 1. The molecule has 5 heteroatoms. The number of hydrogen-bond donors (Lipinski definition) is 2. The summed E-state index contributed by atoms with van der Waals surface area (Å²) < 4.78 is 0. The predicted molar refractivity (Wildman–Crippen MR) is 78.9 cm³/mol. The molecule has 0 aliphatic carbocycles. The van der Waals surface area contributed by atoms with Gasteiger partial charge in [0.2, 0.25) is 5.91 Å². The molecule has 1 aliphatic heterocycles. The van der Waals surface area contributed by atoms with Crippen molar-refractivity contribution in [3.8, 4) is 0 Å². The van der Waals surface area contributed by atoms with Gasteiger partial charge in [0.1, 0.15) is 0 Å². The molecular formula is C13H27N3OS. The second-order valence-corrected chi connectivity index (χ2v) is 6.25. The Balaban J connectivity index is 2.41. The summed E-state index contributed by atoms with van der Waals surface area (Å²) in [7, 11) is 0. The van der Waals surface area contributed by atoms with Gasteiger partial charge in [-0.25, -0.2) is 0 Å². The summed E-state index contributed by atoms with van der Waals surface area (Å²) in [6.45, 7) is 7.76. The maximum absolute atomic E-state index is 11.8. The van der Waals surface area contributed by atoms with E-state index in [-0.39, 0.29) is 11.9 Å². The fraction of sp³-hybridized carbons (Fsp3) is 0.923. The molecule has 1 rings (SSSR count). The Morgan fingerprint density at radius 2 is 2.33 bits per heavy atom. The van der Waals surface area contributed by atoms with Crippen molar-refractivity contribution in [2.75, 3.05) is 31.9 Å². The normalized spacial score (nSPS) is 22.7. The molecule has 0 saturated carbocycles. The van der Waals surface area contributed by atoms with E-state index >= 15 is 0 Å². The lowest BCUT2D eigenvalue weighted by atomic mass is 10.1. The minimum Gasteiger partial charge on any atom is -0.356 e. The van der Waals surface area contributed by atoms with Gasteiger partial charge >= 0.3 is 0 Å². The average Bonchev–Trinajstić information content (AvgIpc) is 2.42. The summed E-state index contributed by atoms with van der Waals surface area (Å²) in [4.78, 5) is 14.2. The third kappa shape index (κ3) is 5.16. The van der Waals surface area contributed by atoms with Crippen LogP contribution >= 0.6 is 11.8 Å². The molecule has 3 N–H and O–H groups in total. The maximum atomic E-state index is 11.8. The smallest absolute Gasteiger partial charge is 0.221 e. The minimum absolute atomic E-state index is 0.138. The summed E-state index contributed by atoms with van der Waals surface area (Å²) in [5.74, 6) is 1.30. The zero-order chi connectivity index (χ0) is 13.4. The van der Waals surface area contributed by atoms with Gasteiger partial charge in [0.15, 0.2) is 0 Å². The number of carbonyl (C=O) groups excluding carboxylic acids is 1. The van der Waals surface area contributed by atoms with E-state index in [0.29, 0.717) is 18.2 Å². The van der Waals surface area contributed by atoms with Crippen LogP contribution in [0.1, 0.15) is 33.1 Å². The molecular weight excluding hydrogens is 246 g/mol. The molecule has 1 amide bonds. The first-order valence-electron chi connectivity index (χ1n) is 7.03. The van der Waals surface area contributed by atoms with E-state index in [4.69, 9.17) is 5.73 Å². The molecule has 18 heavy (non-hydrogen) atoms. The Kier molecular flexibility index (Phi) is 7.70.